The normalized spacial score (nSPS) is 29.4. The second-order valence-corrected chi connectivity index (χ2v) is 7.96. The first-order valence-corrected chi connectivity index (χ1v) is 9.50. The Balaban J connectivity index is 1.62. The van der Waals surface area contributed by atoms with E-state index in [9.17, 15) is 0 Å². The average molecular weight is 352 g/mol. The number of hydrogen-bond acceptors (Lipinski definition) is 2. The minimum Gasteiger partial charge on any atom is -0.342 e. The Morgan fingerprint density at radius 3 is 2.68 bits per heavy atom. The number of benzene rings is 2. The van der Waals surface area contributed by atoms with Gasteiger partial charge in [-0.25, -0.2) is 4.98 Å². The summed E-state index contributed by atoms with van der Waals surface area (Å²) in [7, 11) is 2.29. The van der Waals surface area contributed by atoms with E-state index in [1.807, 2.05) is 12.1 Å². The average Bonchev–Trinajstić information content (AvgIpc) is 3.14. The number of aromatic amines is 1. The van der Waals surface area contributed by atoms with Gasteiger partial charge in [-0.2, -0.15) is 0 Å². The number of imidazole rings is 1. The van der Waals surface area contributed by atoms with Crippen LogP contribution in [-0.2, 0) is 0 Å². The molecule has 2 saturated heterocycles. The maximum absolute atomic E-state index is 6.12. The molecule has 0 spiro atoms. The molecule has 25 heavy (non-hydrogen) atoms. The van der Waals surface area contributed by atoms with Crippen LogP contribution in [0.4, 0.5) is 0 Å². The molecule has 2 aliphatic rings. The Kier molecular flexibility index (Phi) is 3.61. The first-order chi connectivity index (χ1) is 12.2. The van der Waals surface area contributed by atoms with Crippen molar-refractivity contribution in [3.63, 3.8) is 0 Å². The highest BCUT2D eigenvalue weighted by molar-refractivity contribution is 6.30. The van der Waals surface area contributed by atoms with Gasteiger partial charge in [0.25, 0.3) is 0 Å². The molecule has 3 heterocycles. The Hall–Kier alpha value is -1.84. The van der Waals surface area contributed by atoms with Crippen LogP contribution in [0.3, 0.4) is 0 Å². The summed E-state index contributed by atoms with van der Waals surface area (Å²) >= 11 is 6.12. The molecule has 4 unspecified atom stereocenters. The van der Waals surface area contributed by atoms with Gasteiger partial charge >= 0.3 is 0 Å². The molecule has 4 atom stereocenters. The van der Waals surface area contributed by atoms with Crippen LogP contribution in [0.2, 0.25) is 5.02 Å². The first-order valence-electron chi connectivity index (χ1n) is 9.13. The summed E-state index contributed by atoms with van der Waals surface area (Å²) < 4.78 is 0. The van der Waals surface area contributed by atoms with E-state index in [0.717, 1.165) is 21.9 Å². The van der Waals surface area contributed by atoms with Gasteiger partial charge in [-0.3, -0.25) is 4.90 Å². The minimum atomic E-state index is 0.400. The lowest BCUT2D eigenvalue weighted by atomic mass is 9.76. The number of halogens is 1. The summed E-state index contributed by atoms with van der Waals surface area (Å²) in [6.45, 7) is 0. The zero-order valence-electron chi connectivity index (χ0n) is 14.3. The van der Waals surface area contributed by atoms with Crippen molar-refractivity contribution in [1.82, 2.24) is 14.9 Å². The lowest BCUT2D eigenvalue weighted by Crippen LogP contribution is -2.44. The van der Waals surface area contributed by atoms with Crippen LogP contribution >= 0.6 is 11.6 Å². The van der Waals surface area contributed by atoms with Crippen LogP contribution in [0.1, 0.15) is 42.5 Å². The fraction of sp³-hybridized carbons (Fsp3) is 0.381. The predicted molar refractivity (Wildman–Crippen MR) is 102 cm³/mol. The second kappa shape index (κ2) is 5.86. The molecule has 3 aromatic rings. The number of H-pyrrole nitrogens is 1. The Morgan fingerprint density at radius 2 is 1.88 bits per heavy atom. The number of nitrogens with zero attached hydrogens (tertiary/aromatic N) is 2. The largest absolute Gasteiger partial charge is 0.342 e. The van der Waals surface area contributed by atoms with Crippen LogP contribution in [0.15, 0.2) is 48.5 Å². The van der Waals surface area contributed by atoms with Crippen molar-refractivity contribution in [2.24, 2.45) is 0 Å². The Bertz CT molecular complexity index is 868. The van der Waals surface area contributed by atoms with E-state index < -0.39 is 0 Å². The molecular weight excluding hydrogens is 330 g/mol. The van der Waals surface area contributed by atoms with E-state index in [1.54, 1.807) is 0 Å². The van der Waals surface area contributed by atoms with Gasteiger partial charge in [-0.1, -0.05) is 35.9 Å². The van der Waals surface area contributed by atoms with Crippen molar-refractivity contribution in [3.05, 3.63) is 64.9 Å². The van der Waals surface area contributed by atoms with Crippen LogP contribution in [0.5, 0.6) is 0 Å². The zero-order chi connectivity index (χ0) is 17.0. The predicted octanol–water partition coefficient (Wildman–Crippen LogP) is 4.95. The molecule has 4 heteroatoms. The highest BCUT2D eigenvalue weighted by Crippen LogP contribution is 2.50. The van der Waals surface area contributed by atoms with Gasteiger partial charge in [-0.05, 0) is 62.1 Å². The summed E-state index contributed by atoms with van der Waals surface area (Å²) in [4.78, 5) is 11.2. The molecule has 1 aromatic heterocycles. The summed E-state index contributed by atoms with van der Waals surface area (Å²) in [5.74, 6) is 2.03. The second-order valence-electron chi connectivity index (χ2n) is 7.52. The molecule has 2 aliphatic heterocycles. The molecule has 0 radical (unpaired) electrons. The van der Waals surface area contributed by atoms with Gasteiger partial charge in [0, 0.05) is 23.0 Å². The number of fused-ring (bicyclic) bond motifs is 3. The van der Waals surface area contributed by atoms with Gasteiger partial charge in [0.1, 0.15) is 5.82 Å². The van der Waals surface area contributed by atoms with Crippen molar-refractivity contribution in [2.45, 2.75) is 43.2 Å². The van der Waals surface area contributed by atoms with Crippen LogP contribution in [0, 0.1) is 0 Å². The number of hydrogen-bond donors (Lipinski definition) is 1. The van der Waals surface area contributed by atoms with Gasteiger partial charge < -0.3 is 4.98 Å². The summed E-state index contributed by atoms with van der Waals surface area (Å²) in [6.07, 6.45) is 3.74. The van der Waals surface area contributed by atoms with Crippen LogP contribution < -0.4 is 0 Å². The van der Waals surface area contributed by atoms with Crippen LogP contribution in [-0.4, -0.2) is 34.0 Å². The standard InChI is InChI=1S/C21H22ClN3/c1-25-15-10-11-19(25)20(16(12-15)13-6-8-14(22)9-7-13)21-23-17-4-2-3-5-18(17)24-21/h2-9,15-16,19-20H,10-12H2,1H3,(H,23,24). The number of aromatic nitrogens is 2. The van der Waals surface area contributed by atoms with Gasteiger partial charge in [0.15, 0.2) is 0 Å². The van der Waals surface area contributed by atoms with Gasteiger partial charge in [0.05, 0.1) is 11.0 Å². The van der Waals surface area contributed by atoms with E-state index in [-0.39, 0.29) is 0 Å². The van der Waals surface area contributed by atoms with Gasteiger partial charge in [0.2, 0.25) is 0 Å². The SMILES string of the molecule is CN1C2CCC1C(c1nc3ccccc3[nH]1)C(c1ccc(Cl)cc1)C2. The third-order valence-corrected chi connectivity index (χ3v) is 6.54. The van der Waals surface area contributed by atoms with E-state index in [0.29, 0.717) is 23.9 Å². The van der Waals surface area contributed by atoms with Crippen LogP contribution in [0.25, 0.3) is 11.0 Å². The molecule has 0 amide bonds. The first kappa shape index (κ1) is 15.4. The van der Waals surface area contributed by atoms with E-state index in [4.69, 9.17) is 16.6 Å². The highest BCUT2D eigenvalue weighted by Gasteiger charge is 2.47. The number of nitrogens with one attached hydrogen (secondary N) is 1. The fourth-order valence-corrected chi connectivity index (χ4v) is 5.15. The van der Waals surface area contributed by atoms with Crippen molar-refractivity contribution < 1.29 is 0 Å². The highest BCUT2D eigenvalue weighted by atomic mass is 35.5. The molecule has 0 saturated carbocycles. The summed E-state index contributed by atoms with van der Waals surface area (Å²) in [5, 5.41) is 0.805. The maximum Gasteiger partial charge on any atom is 0.112 e. The molecule has 0 aliphatic carbocycles. The van der Waals surface area contributed by atoms with Crippen molar-refractivity contribution >= 4 is 22.6 Å². The number of para-hydroxylation sites is 2. The smallest absolute Gasteiger partial charge is 0.112 e. The monoisotopic (exact) mass is 351 g/mol. The topological polar surface area (TPSA) is 31.9 Å². The molecule has 128 valence electrons. The molecular formula is C21H22ClN3. The maximum atomic E-state index is 6.12. The lowest BCUT2D eigenvalue weighted by molar-refractivity contribution is 0.134. The summed E-state index contributed by atoms with van der Waals surface area (Å²) in [6, 6.07) is 18.0. The van der Waals surface area contributed by atoms with Gasteiger partial charge in [-0.15, -0.1) is 0 Å². The molecule has 2 fully saturated rings. The van der Waals surface area contributed by atoms with Crippen molar-refractivity contribution in [1.29, 1.82) is 0 Å². The number of piperidine rings is 1. The quantitative estimate of drug-likeness (QED) is 0.708. The molecule has 5 rings (SSSR count). The van der Waals surface area contributed by atoms with Crippen molar-refractivity contribution in [2.75, 3.05) is 7.05 Å². The molecule has 1 N–H and O–H groups in total. The molecule has 2 aromatic carbocycles. The summed E-state index contributed by atoms with van der Waals surface area (Å²) in [5.41, 5.74) is 3.59. The lowest BCUT2D eigenvalue weighted by Gasteiger charge is -2.42. The minimum absolute atomic E-state index is 0.400. The Morgan fingerprint density at radius 1 is 1.08 bits per heavy atom. The van der Waals surface area contributed by atoms with E-state index in [2.05, 4.69) is 53.3 Å². The van der Waals surface area contributed by atoms with Crippen molar-refractivity contribution in [3.8, 4) is 0 Å². The molecule has 3 nitrogen and oxygen atoms in total. The number of rotatable bonds is 2. The third kappa shape index (κ3) is 2.49. The zero-order valence-corrected chi connectivity index (χ0v) is 15.1. The third-order valence-electron chi connectivity index (χ3n) is 6.29. The molecule has 2 bridgehead atoms. The Labute approximate surface area is 153 Å². The van der Waals surface area contributed by atoms with E-state index >= 15 is 0 Å². The fourth-order valence-electron chi connectivity index (χ4n) is 5.02. The van der Waals surface area contributed by atoms with E-state index in [1.165, 1.54) is 24.8 Å². The number of likely N-dealkylation sites (N-methyl/N-ethyl adjacent to an activating group) is 1.